The third kappa shape index (κ3) is 1.44. The molecule has 0 spiro atoms. The number of hydrogen-bond donors (Lipinski definition) is 1. The summed E-state index contributed by atoms with van der Waals surface area (Å²) in [4.78, 5) is 14.6. The third-order valence-corrected chi connectivity index (χ3v) is 2.57. The van der Waals surface area contributed by atoms with Crippen LogP contribution in [0, 0.1) is 5.51 Å². The van der Waals surface area contributed by atoms with Gasteiger partial charge < -0.3 is 5.11 Å². The molecule has 0 bridgehead atoms. The second-order valence-corrected chi connectivity index (χ2v) is 4.25. The summed E-state index contributed by atoms with van der Waals surface area (Å²) >= 11 is 6.84. The van der Waals surface area contributed by atoms with Crippen LogP contribution in [0.1, 0.15) is 19.5 Å². The predicted octanol–water partition coefficient (Wildman–Crippen LogP) is 1.96. The lowest BCUT2D eigenvalue weighted by Crippen LogP contribution is -2.29. The lowest BCUT2D eigenvalue weighted by Gasteiger charge is -2.16. The normalized spacial score (nSPS) is 11.6. The van der Waals surface area contributed by atoms with Crippen molar-refractivity contribution < 1.29 is 9.90 Å². The summed E-state index contributed by atoms with van der Waals surface area (Å²) in [6, 6.07) is 0. The van der Waals surface area contributed by atoms with Gasteiger partial charge in [0.1, 0.15) is 9.75 Å². The molecule has 65 valence electrons. The van der Waals surface area contributed by atoms with Crippen LogP contribution in [0.5, 0.6) is 0 Å². The molecule has 1 aromatic heterocycles. The van der Waals surface area contributed by atoms with E-state index in [-0.39, 0.29) is 0 Å². The molecule has 3 nitrogen and oxygen atoms in total. The summed E-state index contributed by atoms with van der Waals surface area (Å²) in [6.45, 7) is 3.12. The summed E-state index contributed by atoms with van der Waals surface area (Å²) in [5, 5.41) is 8.83. The molecule has 1 radical (unpaired) electrons. The Morgan fingerprint density at radius 2 is 2.33 bits per heavy atom. The first-order valence-corrected chi connectivity index (χ1v) is 4.42. The van der Waals surface area contributed by atoms with E-state index in [0.29, 0.717) is 10.0 Å². The molecule has 0 aliphatic carbocycles. The summed E-state index contributed by atoms with van der Waals surface area (Å²) in [5.74, 6) is -0.941. The van der Waals surface area contributed by atoms with Gasteiger partial charge in [-0.05, 0) is 13.8 Å². The molecule has 0 amide bonds. The molecule has 0 fully saturated rings. The molecule has 0 unspecified atom stereocenters. The highest BCUT2D eigenvalue weighted by Crippen LogP contribution is 2.31. The molecule has 5 heteroatoms. The van der Waals surface area contributed by atoms with Crippen LogP contribution in [0.2, 0.25) is 4.34 Å². The molecule has 0 saturated heterocycles. The Hall–Kier alpha value is -0.610. The maximum absolute atomic E-state index is 10.8. The van der Waals surface area contributed by atoms with Gasteiger partial charge in [-0.1, -0.05) is 22.9 Å². The van der Waals surface area contributed by atoms with E-state index >= 15 is 0 Å². The van der Waals surface area contributed by atoms with E-state index in [9.17, 15) is 4.79 Å². The van der Waals surface area contributed by atoms with Crippen LogP contribution in [0.4, 0.5) is 0 Å². The summed E-state index contributed by atoms with van der Waals surface area (Å²) in [6.07, 6.45) is 0. The Bertz CT molecular complexity index is 308. The van der Waals surface area contributed by atoms with Crippen molar-refractivity contribution in [2.24, 2.45) is 0 Å². The standard InChI is InChI=1S/C7H7ClNO2S/c1-7(2,6(10)11)4-5(8)12-3-9-4/h1-2H3,(H,10,11). The molecule has 0 aromatic carbocycles. The third-order valence-electron chi connectivity index (χ3n) is 1.61. The topological polar surface area (TPSA) is 50.2 Å². The molecular weight excluding hydrogens is 198 g/mol. The Balaban J connectivity index is 3.13. The maximum atomic E-state index is 10.8. The van der Waals surface area contributed by atoms with Gasteiger partial charge in [-0.3, -0.25) is 4.79 Å². The van der Waals surface area contributed by atoms with E-state index in [1.54, 1.807) is 13.8 Å². The van der Waals surface area contributed by atoms with Crippen LogP contribution in [0.15, 0.2) is 0 Å². The number of thiazole rings is 1. The molecule has 0 aliphatic rings. The van der Waals surface area contributed by atoms with Gasteiger partial charge in [0, 0.05) is 0 Å². The highest BCUT2D eigenvalue weighted by atomic mass is 35.5. The molecule has 1 heterocycles. The zero-order valence-corrected chi connectivity index (χ0v) is 8.16. The first-order valence-electron chi connectivity index (χ1n) is 3.22. The summed E-state index contributed by atoms with van der Waals surface area (Å²) < 4.78 is 0.391. The number of carbonyl (C=O) groups is 1. The van der Waals surface area contributed by atoms with Gasteiger partial charge >= 0.3 is 5.97 Å². The number of hydrogen-bond acceptors (Lipinski definition) is 3. The van der Waals surface area contributed by atoms with E-state index in [1.807, 2.05) is 0 Å². The molecule has 12 heavy (non-hydrogen) atoms. The van der Waals surface area contributed by atoms with Crippen molar-refractivity contribution in [1.29, 1.82) is 0 Å². The van der Waals surface area contributed by atoms with E-state index in [4.69, 9.17) is 16.7 Å². The van der Waals surface area contributed by atoms with E-state index < -0.39 is 11.4 Å². The van der Waals surface area contributed by atoms with Crippen LogP contribution >= 0.6 is 22.9 Å². The minimum atomic E-state index is -1.03. The van der Waals surface area contributed by atoms with E-state index in [0.717, 1.165) is 11.3 Å². The first-order chi connectivity index (χ1) is 5.46. The molecule has 1 N–H and O–H groups in total. The van der Waals surface area contributed by atoms with Gasteiger partial charge in [0.15, 0.2) is 5.51 Å². The summed E-state index contributed by atoms with van der Waals surface area (Å²) in [5.41, 5.74) is 1.90. The fourth-order valence-corrected chi connectivity index (χ4v) is 1.68. The van der Waals surface area contributed by atoms with Gasteiger partial charge in [-0.25, -0.2) is 4.98 Å². The van der Waals surface area contributed by atoms with Crippen molar-refractivity contribution >= 4 is 28.9 Å². The number of carboxylic acids is 1. The number of rotatable bonds is 2. The van der Waals surface area contributed by atoms with Crippen LogP contribution in [-0.4, -0.2) is 16.1 Å². The van der Waals surface area contributed by atoms with Crippen LogP contribution < -0.4 is 0 Å². The lowest BCUT2D eigenvalue weighted by molar-refractivity contribution is -0.142. The number of halogens is 1. The Morgan fingerprint density at radius 3 is 2.67 bits per heavy atom. The average Bonchev–Trinajstić information content (AvgIpc) is 2.35. The van der Waals surface area contributed by atoms with Crippen molar-refractivity contribution in [3.8, 4) is 0 Å². The maximum Gasteiger partial charge on any atom is 0.315 e. The van der Waals surface area contributed by atoms with Crippen molar-refractivity contribution in [2.75, 3.05) is 0 Å². The Labute approximate surface area is 79.0 Å². The predicted molar refractivity (Wildman–Crippen MR) is 46.6 cm³/mol. The molecule has 0 atom stereocenters. The van der Waals surface area contributed by atoms with Crippen LogP contribution in [-0.2, 0) is 10.2 Å². The molecular formula is C7H7ClNO2S. The van der Waals surface area contributed by atoms with Crippen molar-refractivity contribution in [3.63, 3.8) is 0 Å². The van der Waals surface area contributed by atoms with Gasteiger partial charge in [0.05, 0.1) is 5.69 Å². The minimum absolute atomic E-state index is 0.377. The summed E-state index contributed by atoms with van der Waals surface area (Å²) in [7, 11) is 0. The SMILES string of the molecule is CC(C)(C(=O)O)c1n[c]sc1Cl. The second kappa shape index (κ2) is 3.03. The van der Waals surface area contributed by atoms with Gasteiger partial charge in [0.25, 0.3) is 0 Å². The zero-order chi connectivity index (χ0) is 9.35. The van der Waals surface area contributed by atoms with Crippen LogP contribution in [0.25, 0.3) is 0 Å². The van der Waals surface area contributed by atoms with Crippen molar-refractivity contribution in [2.45, 2.75) is 19.3 Å². The second-order valence-electron chi connectivity index (χ2n) is 2.86. The minimum Gasteiger partial charge on any atom is -0.481 e. The van der Waals surface area contributed by atoms with E-state index in [2.05, 4.69) is 10.5 Å². The molecule has 1 rings (SSSR count). The molecule has 0 aliphatic heterocycles. The van der Waals surface area contributed by atoms with E-state index in [1.165, 1.54) is 0 Å². The monoisotopic (exact) mass is 204 g/mol. The highest BCUT2D eigenvalue weighted by Gasteiger charge is 2.33. The largest absolute Gasteiger partial charge is 0.481 e. The quantitative estimate of drug-likeness (QED) is 0.801. The van der Waals surface area contributed by atoms with Gasteiger partial charge in [-0.2, -0.15) is 0 Å². The Morgan fingerprint density at radius 1 is 1.75 bits per heavy atom. The van der Waals surface area contributed by atoms with Gasteiger partial charge in [0.2, 0.25) is 0 Å². The fourth-order valence-electron chi connectivity index (χ4n) is 0.688. The zero-order valence-electron chi connectivity index (χ0n) is 6.59. The molecule has 1 aromatic rings. The number of aliphatic carboxylic acids is 1. The number of nitrogens with zero attached hydrogens (tertiary/aromatic N) is 1. The first kappa shape index (κ1) is 9.48. The molecule has 0 saturated carbocycles. The van der Waals surface area contributed by atoms with Crippen LogP contribution in [0.3, 0.4) is 0 Å². The fraction of sp³-hybridized carbons (Fsp3) is 0.429. The van der Waals surface area contributed by atoms with Crippen molar-refractivity contribution in [1.82, 2.24) is 4.98 Å². The van der Waals surface area contributed by atoms with Gasteiger partial charge in [-0.15, -0.1) is 0 Å². The van der Waals surface area contributed by atoms with Crippen molar-refractivity contribution in [3.05, 3.63) is 15.5 Å². The Kier molecular flexibility index (Phi) is 2.39. The smallest absolute Gasteiger partial charge is 0.315 e. The number of carboxylic acid groups (broad SMARTS) is 1. The lowest BCUT2D eigenvalue weighted by atomic mass is 9.90. The highest BCUT2D eigenvalue weighted by molar-refractivity contribution is 7.13. The number of aromatic nitrogens is 1. The average molecular weight is 205 g/mol.